The molecule has 122 valence electrons. The first kappa shape index (κ1) is 16.4. The Balaban J connectivity index is 1.86. The summed E-state index contributed by atoms with van der Waals surface area (Å²) in [5.41, 5.74) is 6.45. The Labute approximate surface area is 130 Å². The van der Waals surface area contributed by atoms with Crippen molar-refractivity contribution in [3.8, 4) is 0 Å². The Kier molecular flexibility index (Phi) is 4.78. The maximum atomic E-state index is 13.0. The first-order chi connectivity index (χ1) is 10.2. The molecule has 0 atom stereocenters. The monoisotopic (exact) mass is 309 g/mol. The molecule has 1 aromatic rings. The van der Waals surface area contributed by atoms with Gasteiger partial charge in [-0.1, -0.05) is 0 Å². The van der Waals surface area contributed by atoms with Crippen LogP contribution < -0.4 is 11.1 Å². The van der Waals surface area contributed by atoms with Gasteiger partial charge in [0.15, 0.2) is 0 Å². The van der Waals surface area contributed by atoms with Crippen molar-refractivity contribution in [2.24, 2.45) is 0 Å². The van der Waals surface area contributed by atoms with E-state index in [1.165, 1.54) is 12.1 Å². The van der Waals surface area contributed by atoms with E-state index in [-0.39, 0.29) is 18.0 Å². The maximum absolute atomic E-state index is 13.0. The quantitative estimate of drug-likeness (QED) is 0.823. The van der Waals surface area contributed by atoms with E-state index < -0.39 is 5.60 Å². The van der Waals surface area contributed by atoms with Gasteiger partial charge in [0.05, 0.1) is 11.4 Å². The van der Waals surface area contributed by atoms with Gasteiger partial charge in [-0.05, 0) is 51.8 Å². The molecule has 0 unspecified atom stereocenters. The number of halogens is 1. The van der Waals surface area contributed by atoms with Gasteiger partial charge >= 0.3 is 6.09 Å². The van der Waals surface area contributed by atoms with Gasteiger partial charge in [0.1, 0.15) is 11.4 Å². The third-order valence-electron chi connectivity index (χ3n) is 3.52. The van der Waals surface area contributed by atoms with Gasteiger partial charge in [-0.3, -0.25) is 0 Å². The van der Waals surface area contributed by atoms with Crippen molar-refractivity contribution >= 4 is 17.5 Å². The van der Waals surface area contributed by atoms with Crippen LogP contribution in [0.5, 0.6) is 0 Å². The Hall–Kier alpha value is -1.98. The summed E-state index contributed by atoms with van der Waals surface area (Å²) in [4.78, 5) is 13.7. The molecular weight excluding hydrogens is 285 g/mol. The number of nitrogens with zero attached hydrogens (tertiary/aromatic N) is 1. The lowest BCUT2D eigenvalue weighted by Crippen LogP contribution is -2.44. The van der Waals surface area contributed by atoms with Crippen LogP contribution in [0, 0.1) is 5.82 Å². The number of likely N-dealkylation sites (tertiary alicyclic amines) is 1. The van der Waals surface area contributed by atoms with Gasteiger partial charge in [-0.2, -0.15) is 0 Å². The molecule has 1 aromatic carbocycles. The van der Waals surface area contributed by atoms with Crippen LogP contribution in [0.4, 0.5) is 20.6 Å². The summed E-state index contributed by atoms with van der Waals surface area (Å²) in [5, 5.41) is 3.31. The Morgan fingerprint density at radius 2 is 2.00 bits per heavy atom. The lowest BCUT2D eigenvalue weighted by molar-refractivity contribution is 0.0210. The zero-order valence-electron chi connectivity index (χ0n) is 13.4. The number of benzene rings is 1. The van der Waals surface area contributed by atoms with Gasteiger partial charge in [0.25, 0.3) is 0 Å². The van der Waals surface area contributed by atoms with Crippen LogP contribution >= 0.6 is 0 Å². The molecule has 5 nitrogen and oxygen atoms in total. The van der Waals surface area contributed by atoms with Crippen LogP contribution in [0.15, 0.2) is 18.2 Å². The van der Waals surface area contributed by atoms with Gasteiger partial charge in [0, 0.05) is 19.1 Å². The third-order valence-corrected chi connectivity index (χ3v) is 3.52. The number of amides is 1. The van der Waals surface area contributed by atoms with Crippen LogP contribution in [-0.2, 0) is 4.74 Å². The minimum atomic E-state index is -0.477. The number of nitrogens with one attached hydrogen (secondary N) is 1. The summed E-state index contributed by atoms with van der Waals surface area (Å²) in [6.07, 6.45) is 1.33. The molecule has 22 heavy (non-hydrogen) atoms. The number of hydrogen-bond acceptors (Lipinski definition) is 4. The molecule has 2 rings (SSSR count). The molecule has 0 saturated carbocycles. The first-order valence-corrected chi connectivity index (χ1v) is 7.54. The minimum Gasteiger partial charge on any atom is -0.444 e. The molecule has 3 N–H and O–H groups in total. The maximum Gasteiger partial charge on any atom is 0.410 e. The number of ether oxygens (including phenoxy) is 1. The van der Waals surface area contributed by atoms with E-state index in [2.05, 4.69) is 5.32 Å². The smallest absolute Gasteiger partial charge is 0.410 e. The lowest BCUT2D eigenvalue weighted by atomic mass is 10.0. The van der Waals surface area contributed by atoms with E-state index in [1.807, 2.05) is 20.8 Å². The Bertz CT molecular complexity index is 535. The van der Waals surface area contributed by atoms with Crippen molar-refractivity contribution < 1.29 is 13.9 Å². The van der Waals surface area contributed by atoms with E-state index in [1.54, 1.807) is 11.0 Å². The summed E-state index contributed by atoms with van der Waals surface area (Å²) in [6.45, 7) is 6.84. The fourth-order valence-corrected chi connectivity index (χ4v) is 2.42. The molecule has 0 spiro atoms. The number of nitrogen functional groups attached to an aromatic ring is 1. The van der Waals surface area contributed by atoms with Gasteiger partial charge in [-0.25, -0.2) is 9.18 Å². The van der Waals surface area contributed by atoms with Crippen molar-refractivity contribution in [2.45, 2.75) is 45.3 Å². The number of carbonyl (C=O) groups is 1. The lowest BCUT2D eigenvalue weighted by Gasteiger charge is -2.34. The zero-order valence-corrected chi connectivity index (χ0v) is 13.4. The van der Waals surface area contributed by atoms with E-state index in [9.17, 15) is 9.18 Å². The van der Waals surface area contributed by atoms with Crippen molar-refractivity contribution in [3.05, 3.63) is 24.0 Å². The number of hydrogen-bond donors (Lipinski definition) is 2. The highest BCUT2D eigenvalue weighted by Crippen LogP contribution is 2.23. The molecule has 0 bridgehead atoms. The van der Waals surface area contributed by atoms with Gasteiger partial charge in [-0.15, -0.1) is 0 Å². The highest BCUT2D eigenvalue weighted by molar-refractivity contribution is 5.68. The highest BCUT2D eigenvalue weighted by Gasteiger charge is 2.26. The van der Waals surface area contributed by atoms with Gasteiger partial charge in [0.2, 0.25) is 0 Å². The number of piperidine rings is 1. The average molecular weight is 309 g/mol. The number of anilines is 2. The van der Waals surface area contributed by atoms with Crippen LogP contribution in [0.1, 0.15) is 33.6 Å². The van der Waals surface area contributed by atoms with E-state index in [0.717, 1.165) is 18.5 Å². The first-order valence-electron chi connectivity index (χ1n) is 7.54. The topological polar surface area (TPSA) is 67.6 Å². The summed E-state index contributed by atoms with van der Waals surface area (Å²) in [7, 11) is 0. The molecule has 1 aliphatic heterocycles. The van der Waals surface area contributed by atoms with E-state index in [0.29, 0.717) is 18.8 Å². The molecule has 0 radical (unpaired) electrons. The summed E-state index contributed by atoms with van der Waals surface area (Å²) >= 11 is 0. The van der Waals surface area contributed by atoms with E-state index in [4.69, 9.17) is 10.5 Å². The Morgan fingerprint density at radius 3 is 2.55 bits per heavy atom. The van der Waals surface area contributed by atoms with Crippen LogP contribution in [0.2, 0.25) is 0 Å². The molecule has 1 fully saturated rings. The second-order valence-corrected chi connectivity index (χ2v) is 6.62. The number of carbonyl (C=O) groups excluding carboxylic acids is 1. The van der Waals surface area contributed by atoms with Crippen LogP contribution in [0.3, 0.4) is 0 Å². The second-order valence-electron chi connectivity index (χ2n) is 6.62. The summed E-state index contributed by atoms with van der Waals surface area (Å²) in [6, 6.07) is 4.55. The molecule has 1 amide bonds. The molecule has 0 aliphatic carbocycles. The zero-order chi connectivity index (χ0) is 16.3. The van der Waals surface area contributed by atoms with Crippen LogP contribution in [0.25, 0.3) is 0 Å². The van der Waals surface area contributed by atoms with Crippen molar-refractivity contribution in [1.29, 1.82) is 0 Å². The number of rotatable bonds is 2. The summed E-state index contributed by atoms with van der Waals surface area (Å²) in [5.74, 6) is -0.345. The van der Waals surface area contributed by atoms with Gasteiger partial charge < -0.3 is 20.7 Å². The van der Waals surface area contributed by atoms with Crippen molar-refractivity contribution in [3.63, 3.8) is 0 Å². The standard InChI is InChI=1S/C16H24FN3O2/c1-16(2,3)22-15(21)20-8-6-12(7-9-20)19-14-5-4-11(17)10-13(14)18/h4-5,10,12,19H,6-9,18H2,1-3H3. The molecule has 1 heterocycles. The average Bonchev–Trinajstić information content (AvgIpc) is 2.41. The van der Waals surface area contributed by atoms with Crippen molar-refractivity contribution in [1.82, 2.24) is 4.90 Å². The predicted molar refractivity (Wildman–Crippen MR) is 85.3 cm³/mol. The molecule has 0 aromatic heterocycles. The third kappa shape index (κ3) is 4.51. The minimum absolute atomic E-state index is 0.214. The van der Waals surface area contributed by atoms with Crippen LogP contribution in [-0.4, -0.2) is 35.7 Å². The highest BCUT2D eigenvalue weighted by atomic mass is 19.1. The fourth-order valence-electron chi connectivity index (χ4n) is 2.42. The Morgan fingerprint density at radius 1 is 1.36 bits per heavy atom. The largest absolute Gasteiger partial charge is 0.444 e. The van der Waals surface area contributed by atoms with Crippen molar-refractivity contribution in [2.75, 3.05) is 24.1 Å². The summed E-state index contributed by atoms with van der Waals surface area (Å²) < 4.78 is 18.4. The number of nitrogens with two attached hydrogens (primary N) is 1. The molecular formula is C16H24FN3O2. The normalized spacial score (nSPS) is 16.5. The predicted octanol–water partition coefficient (Wildman–Crippen LogP) is 3.22. The fraction of sp³-hybridized carbons (Fsp3) is 0.562. The second kappa shape index (κ2) is 6.42. The molecule has 6 heteroatoms. The van der Waals surface area contributed by atoms with E-state index >= 15 is 0 Å². The molecule has 1 aliphatic rings. The molecule has 1 saturated heterocycles. The SMILES string of the molecule is CC(C)(C)OC(=O)N1CCC(Nc2ccc(F)cc2N)CC1.